The fourth-order valence-corrected chi connectivity index (χ4v) is 2.60. The zero-order valence-corrected chi connectivity index (χ0v) is 12.8. The molecule has 0 aliphatic carbocycles. The fraction of sp³-hybridized carbons (Fsp3) is 0. The first-order chi connectivity index (χ1) is 12.1. The van der Waals surface area contributed by atoms with Gasteiger partial charge in [-0.2, -0.15) is 0 Å². The second-order valence-electron chi connectivity index (χ2n) is 5.38. The first-order valence-electron chi connectivity index (χ1n) is 7.48. The highest BCUT2D eigenvalue weighted by molar-refractivity contribution is 5.96. The zero-order chi connectivity index (χ0) is 17.4. The smallest absolute Gasteiger partial charge is 0.201 e. The molecule has 0 radical (unpaired) electrons. The molecule has 0 aliphatic rings. The topological polar surface area (TPSA) is 73.8 Å². The lowest BCUT2D eigenvalue weighted by atomic mass is 10.1. The van der Waals surface area contributed by atoms with Gasteiger partial charge in [-0.3, -0.25) is 0 Å². The van der Waals surface area contributed by atoms with E-state index in [1.54, 1.807) is 12.1 Å². The van der Waals surface area contributed by atoms with Gasteiger partial charge in [0, 0.05) is 11.9 Å². The lowest BCUT2D eigenvalue weighted by molar-refractivity contribution is 0.463. The minimum Gasteiger partial charge on any atom is -0.494 e. The van der Waals surface area contributed by atoms with E-state index in [-0.39, 0.29) is 23.1 Å². The van der Waals surface area contributed by atoms with Gasteiger partial charge < -0.3 is 15.4 Å². The van der Waals surface area contributed by atoms with Crippen LogP contribution in [0, 0.1) is 11.6 Å². The summed E-state index contributed by atoms with van der Waals surface area (Å²) in [5.74, 6) is -1.52. The summed E-state index contributed by atoms with van der Waals surface area (Å²) in [6.07, 6.45) is 1.45. The Hall–Kier alpha value is -3.48. The largest absolute Gasteiger partial charge is 0.494 e. The van der Waals surface area contributed by atoms with Gasteiger partial charge in [-0.25, -0.2) is 18.7 Å². The number of aromatic hydroxyl groups is 1. The Morgan fingerprint density at radius 3 is 2.36 bits per heavy atom. The molecular formula is C18H12F2N4O. The lowest BCUT2D eigenvalue weighted by Crippen LogP contribution is -2.01. The van der Waals surface area contributed by atoms with E-state index in [0.717, 1.165) is 12.1 Å². The van der Waals surface area contributed by atoms with Crippen molar-refractivity contribution in [1.82, 2.24) is 15.0 Å². The van der Waals surface area contributed by atoms with Crippen molar-refractivity contribution in [3.8, 4) is 17.3 Å². The maximum Gasteiger partial charge on any atom is 0.201 e. The van der Waals surface area contributed by atoms with Crippen LogP contribution in [0.1, 0.15) is 0 Å². The van der Waals surface area contributed by atoms with E-state index in [0.29, 0.717) is 16.6 Å². The highest BCUT2D eigenvalue weighted by atomic mass is 19.1. The van der Waals surface area contributed by atoms with Gasteiger partial charge in [-0.1, -0.05) is 24.3 Å². The van der Waals surface area contributed by atoms with Gasteiger partial charge in [-0.05, 0) is 24.3 Å². The van der Waals surface area contributed by atoms with Gasteiger partial charge in [-0.15, -0.1) is 0 Å². The summed E-state index contributed by atoms with van der Waals surface area (Å²) >= 11 is 0. The molecule has 2 heterocycles. The molecule has 2 aromatic carbocycles. The Morgan fingerprint density at radius 1 is 0.920 bits per heavy atom. The molecule has 0 fully saturated rings. The normalized spacial score (nSPS) is 11.0. The number of halogens is 2. The van der Waals surface area contributed by atoms with E-state index in [2.05, 4.69) is 20.3 Å². The summed E-state index contributed by atoms with van der Waals surface area (Å²) in [4.78, 5) is 11.0. The van der Waals surface area contributed by atoms with Crippen molar-refractivity contribution in [3.63, 3.8) is 0 Å². The van der Waals surface area contributed by atoms with Crippen molar-refractivity contribution in [2.24, 2.45) is 0 Å². The zero-order valence-electron chi connectivity index (χ0n) is 12.8. The standard InChI is InChI=1S/C18H12F2N4O/c19-11-7-4-8-12(20)14(11)16-23-13-9-21-18(25)15(13)17(24-16)22-10-5-2-1-3-6-10/h1-9,21,25H,(H,22,23,24). The van der Waals surface area contributed by atoms with Gasteiger partial charge in [0.1, 0.15) is 22.8 Å². The van der Waals surface area contributed by atoms with E-state index in [1.165, 1.54) is 12.3 Å². The number of fused-ring (bicyclic) bond motifs is 1. The number of aromatic amines is 1. The maximum atomic E-state index is 14.1. The van der Waals surface area contributed by atoms with E-state index in [1.807, 2.05) is 18.2 Å². The van der Waals surface area contributed by atoms with Crippen molar-refractivity contribution in [2.45, 2.75) is 0 Å². The molecule has 0 saturated carbocycles. The molecule has 4 aromatic rings. The summed E-state index contributed by atoms with van der Waals surface area (Å²) in [6, 6.07) is 12.7. The maximum absolute atomic E-state index is 14.1. The van der Waals surface area contributed by atoms with E-state index in [9.17, 15) is 13.9 Å². The van der Waals surface area contributed by atoms with Gasteiger partial charge >= 0.3 is 0 Å². The number of hydrogen-bond acceptors (Lipinski definition) is 4. The number of anilines is 2. The van der Waals surface area contributed by atoms with Gasteiger partial charge in [0.25, 0.3) is 0 Å². The molecule has 3 N–H and O–H groups in total. The van der Waals surface area contributed by atoms with Crippen LogP contribution < -0.4 is 5.32 Å². The third-order valence-corrected chi connectivity index (χ3v) is 3.74. The number of H-pyrrole nitrogens is 1. The lowest BCUT2D eigenvalue weighted by Gasteiger charge is -2.10. The van der Waals surface area contributed by atoms with Crippen LogP contribution in [0.25, 0.3) is 22.3 Å². The molecule has 7 heteroatoms. The number of benzene rings is 2. The fourth-order valence-electron chi connectivity index (χ4n) is 2.60. The Bertz CT molecular complexity index is 1040. The van der Waals surface area contributed by atoms with Crippen molar-refractivity contribution in [1.29, 1.82) is 0 Å². The average Bonchev–Trinajstić information content (AvgIpc) is 2.97. The molecule has 5 nitrogen and oxygen atoms in total. The van der Waals surface area contributed by atoms with E-state index in [4.69, 9.17) is 0 Å². The molecule has 0 bridgehead atoms. The third-order valence-electron chi connectivity index (χ3n) is 3.74. The number of para-hydroxylation sites is 1. The SMILES string of the molecule is Oc1[nH]cc2nc(-c3c(F)cccc3F)nc(Nc3ccccc3)c12. The van der Waals surface area contributed by atoms with Crippen LogP contribution in [0.3, 0.4) is 0 Å². The molecule has 0 amide bonds. The second kappa shape index (κ2) is 5.86. The van der Waals surface area contributed by atoms with E-state index >= 15 is 0 Å². The molecule has 0 atom stereocenters. The Morgan fingerprint density at radius 2 is 1.64 bits per heavy atom. The monoisotopic (exact) mass is 338 g/mol. The third kappa shape index (κ3) is 2.65. The highest BCUT2D eigenvalue weighted by Crippen LogP contribution is 2.34. The van der Waals surface area contributed by atoms with Crippen LogP contribution in [0.15, 0.2) is 54.7 Å². The minimum atomic E-state index is -0.759. The minimum absolute atomic E-state index is 0.111. The Kier molecular flexibility index (Phi) is 3.53. The number of rotatable bonds is 3. The van der Waals surface area contributed by atoms with Crippen LogP contribution in [0.5, 0.6) is 5.88 Å². The molecule has 124 valence electrons. The number of nitrogens with one attached hydrogen (secondary N) is 2. The van der Waals surface area contributed by atoms with Crippen molar-refractivity contribution in [2.75, 3.05) is 5.32 Å². The summed E-state index contributed by atoms with van der Waals surface area (Å²) in [5, 5.41) is 13.4. The van der Waals surface area contributed by atoms with Gasteiger partial charge in [0.2, 0.25) is 5.88 Å². The summed E-state index contributed by atoms with van der Waals surface area (Å²) < 4.78 is 28.2. The average molecular weight is 338 g/mol. The second-order valence-corrected chi connectivity index (χ2v) is 5.38. The molecular weight excluding hydrogens is 326 g/mol. The van der Waals surface area contributed by atoms with Crippen LogP contribution in [-0.4, -0.2) is 20.1 Å². The first kappa shape index (κ1) is 15.1. The molecule has 4 rings (SSSR count). The van der Waals surface area contributed by atoms with Crippen LogP contribution in [-0.2, 0) is 0 Å². The molecule has 0 spiro atoms. The van der Waals surface area contributed by atoms with E-state index < -0.39 is 11.6 Å². The number of nitrogens with zero attached hydrogens (tertiary/aromatic N) is 2. The van der Waals surface area contributed by atoms with Crippen LogP contribution in [0.2, 0.25) is 0 Å². The van der Waals surface area contributed by atoms with Gasteiger partial charge in [0.15, 0.2) is 5.82 Å². The molecule has 0 saturated heterocycles. The summed E-state index contributed by atoms with van der Waals surface area (Å²) in [5.41, 5.74) is 0.729. The van der Waals surface area contributed by atoms with Crippen LogP contribution >= 0.6 is 0 Å². The molecule has 0 unspecified atom stereocenters. The predicted octanol–water partition coefficient (Wildman–Crippen LogP) is 4.35. The van der Waals surface area contributed by atoms with Crippen molar-refractivity contribution >= 4 is 22.4 Å². The number of hydrogen-bond donors (Lipinski definition) is 3. The summed E-state index contributed by atoms with van der Waals surface area (Å²) in [7, 11) is 0. The molecule has 25 heavy (non-hydrogen) atoms. The van der Waals surface area contributed by atoms with Crippen molar-refractivity contribution in [3.05, 3.63) is 66.4 Å². The Labute approximate surface area is 141 Å². The Balaban J connectivity index is 1.93. The first-order valence-corrected chi connectivity index (χ1v) is 7.48. The van der Waals surface area contributed by atoms with Crippen LogP contribution in [0.4, 0.5) is 20.3 Å². The van der Waals surface area contributed by atoms with Gasteiger partial charge in [0.05, 0.1) is 11.1 Å². The predicted molar refractivity (Wildman–Crippen MR) is 90.6 cm³/mol. The molecule has 2 aromatic heterocycles. The quantitative estimate of drug-likeness (QED) is 0.519. The summed E-state index contributed by atoms with van der Waals surface area (Å²) in [6.45, 7) is 0. The van der Waals surface area contributed by atoms with Crippen molar-refractivity contribution < 1.29 is 13.9 Å². The number of aromatic nitrogens is 3. The highest BCUT2D eigenvalue weighted by Gasteiger charge is 2.19. The molecule has 0 aliphatic heterocycles.